The Balaban J connectivity index is 2.51. The lowest BCUT2D eigenvalue weighted by Crippen LogP contribution is -2.43. The lowest BCUT2D eigenvalue weighted by atomic mass is 10.3. The minimum Gasteiger partial charge on any atom is -0.491 e. The predicted octanol–water partition coefficient (Wildman–Crippen LogP) is 2.14. The molecule has 19 heavy (non-hydrogen) atoms. The Morgan fingerprint density at radius 1 is 1.32 bits per heavy atom. The van der Waals surface area contributed by atoms with Crippen LogP contribution in [0, 0.1) is 5.82 Å². The summed E-state index contributed by atoms with van der Waals surface area (Å²) in [6.07, 6.45) is 0.909. The molecule has 1 atom stereocenters. The maximum absolute atomic E-state index is 12.7. The monoisotopic (exact) mass is 269 g/mol. The predicted molar refractivity (Wildman–Crippen MR) is 70.6 cm³/mol. The van der Waals surface area contributed by atoms with Crippen LogP contribution in [0.2, 0.25) is 0 Å². The molecule has 0 spiro atoms. The van der Waals surface area contributed by atoms with Gasteiger partial charge in [-0.25, -0.2) is 4.39 Å². The smallest absolute Gasteiger partial charge is 0.326 e. The molecule has 1 unspecified atom stereocenters. The van der Waals surface area contributed by atoms with Gasteiger partial charge in [-0.15, -0.1) is 0 Å². The van der Waals surface area contributed by atoms with Crippen LogP contribution in [0.1, 0.15) is 20.3 Å². The summed E-state index contributed by atoms with van der Waals surface area (Å²) in [6.45, 7) is 4.96. The molecule has 0 saturated carbocycles. The SMILES string of the molecule is CCCNC(COc1ccc(F)cc1)C(=O)OCC. The van der Waals surface area contributed by atoms with Crippen molar-refractivity contribution in [3.05, 3.63) is 30.1 Å². The molecule has 0 aliphatic rings. The van der Waals surface area contributed by atoms with Crippen LogP contribution in [0.3, 0.4) is 0 Å². The van der Waals surface area contributed by atoms with E-state index in [9.17, 15) is 9.18 Å². The van der Waals surface area contributed by atoms with Crippen molar-refractivity contribution in [2.45, 2.75) is 26.3 Å². The van der Waals surface area contributed by atoms with Crippen molar-refractivity contribution >= 4 is 5.97 Å². The fourth-order valence-electron chi connectivity index (χ4n) is 1.48. The molecule has 1 aromatic rings. The van der Waals surface area contributed by atoms with Gasteiger partial charge in [-0.1, -0.05) is 6.92 Å². The van der Waals surface area contributed by atoms with Gasteiger partial charge in [0, 0.05) is 0 Å². The Bertz CT molecular complexity index is 381. The molecule has 0 fully saturated rings. The van der Waals surface area contributed by atoms with Crippen molar-refractivity contribution in [2.75, 3.05) is 19.8 Å². The van der Waals surface area contributed by atoms with Gasteiger partial charge < -0.3 is 14.8 Å². The van der Waals surface area contributed by atoms with E-state index in [4.69, 9.17) is 9.47 Å². The highest BCUT2D eigenvalue weighted by atomic mass is 19.1. The molecule has 0 radical (unpaired) electrons. The molecule has 1 N–H and O–H groups in total. The average Bonchev–Trinajstić information content (AvgIpc) is 2.41. The summed E-state index contributed by atoms with van der Waals surface area (Å²) in [5, 5.41) is 3.06. The first-order valence-electron chi connectivity index (χ1n) is 6.45. The molecule has 4 nitrogen and oxygen atoms in total. The quantitative estimate of drug-likeness (QED) is 0.734. The van der Waals surface area contributed by atoms with E-state index in [2.05, 4.69) is 5.32 Å². The van der Waals surface area contributed by atoms with Gasteiger partial charge in [-0.2, -0.15) is 0 Å². The third-order valence-electron chi connectivity index (χ3n) is 2.44. The number of nitrogens with one attached hydrogen (secondary N) is 1. The van der Waals surface area contributed by atoms with E-state index >= 15 is 0 Å². The molecule has 0 aliphatic carbocycles. The van der Waals surface area contributed by atoms with E-state index < -0.39 is 6.04 Å². The summed E-state index contributed by atoms with van der Waals surface area (Å²) < 4.78 is 23.2. The van der Waals surface area contributed by atoms with Gasteiger partial charge in [-0.3, -0.25) is 4.79 Å². The summed E-state index contributed by atoms with van der Waals surface area (Å²) in [5.41, 5.74) is 0. The van der Waals surface area contributed by atoms with Crippen molar-refractivity contribution in [3.8, 4) is 5.75 Å². The Morgan fingerprint density at radius 2 is 2.00 bits per heavy atom. The third-order valence-corrected chi connectivity index (χ3v) is 2.44. The van der Waals surface area contributed by atoms with E-state index in [1.165, 1.54) is 24.3 Å². The van der Waals surface area contributed by atoms with E-state index in [-0.39, 0.29) is 18.4 Å². The van der Waals surface area contributed by atoms with Crippen molar-refractivity contribution in [2.24, 2.45) is 0 Å². The van der Waals surface area contributed by atoms with Gasteiger partial charge in [-0.05, 0) is 44.2 Å². The highest BCUT2D eigenvalue weighted by Crippen LogP contribution is 2.11. The number of carbonyl (C=O) groups is 1. The average molecular weight is 269 g/mol. The van der Waals surface area contributed by atoms with Crippen molar-refractivity contribution in [3.63, 3.8) is 0 Å². The summed E-state index contributed by atoms with van der Waals surface area (Å²) >= 11 is 0. The first kappa shape index (κ1) is 15.4. The van der Waals surface area contributed by atoms with E-state index in [0.29, 0.717) is 18.9 Å². The maximum Gasteiger partial charge on any atom is 0.326 e. The number of rotatable bonds is 8. The molecule has 0 aromatic heterocycles. The van der Waals surface area contributed by atoms with Crippen LogP contribution in [0.4, 0.5) is 4.39 Å². The van der Waals surface area contributed by atoms with Crippen LogP contribution in [0.5, 0.6) is 5.75 Å². The van der Waals surface area contributed by atoms with Crippen LogP contribution < -0.4 is 10.1 Å². The molecule has 0 amide bonds. The van der Waals surface area contributed by atoms with Crippen LogP contribution in [0.25, 0.3) is 0 Å². The lowest BCUT2D eigenvalue weighted by molar-refractivity contribution is -0.146. The summed E-state index contributed by atoms with van der Waals surface area (Å²) in [4.78, 5) is 11.7. The molecular formula is C14H20FNO3. The number of esters is 1. The summed E-state index contributed by atoms with van der Waals surface area (Å²) in [5.74, 6) is -0.134. The van der Waals surface area contributed by atoms with Crippen LogP contribution >= 0.6 is 0 Å². The molecule has 0 saturated heterocycles. The lowest BCUT2D eigenvalue weighted by Gasteiger charge is -2.17. The molecule has 0 bridgehead atoms. The number of ether oxygens (including phenoxy) is 2. The van der Waals surface area contributed by atoms with Crippen molar-refractivity contribution in [1.29, 1.82) is 0 Å². The van der Waals surface area contributed by atoms with Crippen LogP contribution in [-0.4, -0.2) is 31.8 Å². The highest BCUT2D eigenvalue weighted by Gasteiger charge is 2.19. The normalized spacial score (nSPS) is 11.9. The van der Waals surface area contributed by atoms with Crippen LogP contribution in [0.15, 0.2) is 24.3 Å². The largest absolute Gasteiger partial charge is 0.491 e. The van der Waals surface area contributed by atoms with Gasteiger partial charge in [0.05, 0.1) is 6.61 Å². The Hall–Kier alpha value is -1.62. The topological polar surface area (TPSA) is 47.6 Å². The van der Waals surface area contributed by atoms with Gasteiger partial charge in [0.25, 0.3) is 0 Å². The first-order chi connectivity index (χ1) is 9.17. The van der Waals surface area contributed by atoms with Gasteiger partial charge in [0.1, 0.15) is 24.2 Å². The molecule has 1 aromatic carbocycles. The number of benzene rings is 1. The summed E-state index contributed by atoms with van der Waals surface area (Å²) in [7, 11) is 0. The van der Waals surface area contributed by atoms with E-state index in [1.54, 1.807) is 6.92 Å². The second-order valence-corrected chi connectivity index (χ2v) is 4.02. The maximum atomic E-state index is 12.7. The minimum atomic E-state index is -0.509. The second kappa shape index (κ2) is 8.48. The molecule has 1 rings (SSSR count). The molecule has 0 heterocycles. The van der Waals surface area contributed by atoms with Crippen molar-refractivity contribution in [1.82, 2.24) is 5.32 Å². The fourth-order valence-corrected chi connectivity index (χ4v) is 1.48. The number of hydrogen-bond acceptors (Lipinski definition) is 4. The number of halogens is 1. The molecule has 106 valence electrons. The zero-order chi connectivity index (χ0) is 14.1. The molecule has 0 aliphatic heterocycles. The van der Waals surface area contributed by atoms with Gasteiger partial charge in [0.15, 0.2) is 0 Å². The Labute approximate surface area is 112 Å². The fraction of sp³-hybridized carbons (Fsp3) is 0.500. The van der Waals surface area contributed by atoms with E-state index in [0.717, 1.165) is 6.42 Å². The van der Waals surface area contributed by atoms with Gasteiger partial charge >= 0.3 is 5.97 Å². The Kier molecular flexibility index (Phi) is 6.89. The highest BCUT2D eigenvalue weighted by molar-refractivity contribution is 5.76. The third kappa shape index (κ3) is 5.70. The summed E-state index contributed by atoms with van der Waals surface area (Å²) in [6, 6.07) is 5.17. The van der Waals surface area contributed by atoms with Gasteiger partial charge in [0.2, 0.25) is 0 Å². The first-order valence-corrected chi connectivity index (χ1v) is 6.45. The van der Waals surface area contributed by atoms with Crippen LogP contribution in [-0.2, 0) is 9.53 Å². The van der Waals surface area contributed by atoms with Crippen molar-refractivity contribution < 1.29 is 18.7 Å². The zero-order valence-electron chi connectivity index (χ0n) is 11.3. The van der Waals surface area contributed by atoms with E-state index in [1.807, 2.05) is 6.92 Å². The second-order valence-electron chi connectivity index (χ2n) is 4.02. The molecular weight excluding hydrogens is 249 g/mol. The zero-order valence-corrected chi connectivity index (χ0v) is 11.3. The number of hydrogen-bond donors (Lipinski definition) is 1. The standard InChI is InChI=1S/C14H20FNO3/c1-3-9-16-13(14(17)18-4-2)10-19-12-7-5-11(15)6-8-12/h5-8,13,16H,3-4,9-10H2,1-2H3. The minimum absolute atomic E-state index is 0.157. The number of carbonyl (C=O) groups excluding carboxylic acids is 1. The Morgan fingerprint density at radius 3 is 2.58 bits per heavy atom. The molecule has 5 heteroatoms.